The normalized spacial score (nSPS) is 16.1. The highest BCUT2D eigenvalue weighted by molar-refractivity contribution is 6.14. The van der Waals surface area contributed by atoms with Crippen LogP contribution < -0.4 is 11.2 Å². The highest BCUT2D eigenvalue weighted by atomic mass is 35.5. The largest absolute Gasteiger partial charge is 0.396 e. The van der Waals surface area contributed by atoms with E-state index in [0.717, 1.165) is 10.3 Å². The molecule has 14 heavy (non-hydrogen) atoms. The molecule has 0 aromatic carbocycles. The molecule has 3 N–H and O–H groups in total. The maximum absolute atomic E-state index is 5.86. The summed E-state index contributed by atoms with van der Waals surface area (Å²) in [6.45, 7) is 7.26. The molecule has 0 saturated carbocycles. The van der Waals surface area contributed by atoms with Crippen molar-refractivity contribution in [3.63, 3.8) is 0 Å². The number of allylic oxidation sites excluding steroid dienone is 3. The molecule has 0 aromatic rings. The van der Waals surface area contributed by atoms with Crippen LogP contribution in [-0.2, 0) is 0 Å². The quantitative estimate of drug-likeness (QED) is 0.550. The maximum Gasteiger partial charge on any atom is 0.0925 e. The fraction of sp³-hybridized carbons (Fsp3) is 0.222. The minimum Gasteiger partial charge on any atom is -0.396 e. The van der Waals surface area contributed by atoms with Gasteiger partial charge in [0.25, 0.3) is 0 Å². The standard InChI is InChI=1S/C9H13ClN4/c1-3-5-7-9(11)8(6-4-2)13-14(10)12-7/h3-4,12H,1-2,5-6,11H2. The van der Waals surface area contributed by atoms with Gasteiger partial charge in [0.1, 0.15) is 0 Å². The highest BCUT2D eigenvalue weighted by Crippen LogP contribution is 2.14. The lowest BCUT2D eigenvalue weighted by Gasteiger charge is -2.23. The zero-order valence-electron chi connectivity index (χ0n) is 7.83. The first-order chi connectivity index (χ1) is 6.69. The van der Waals surface area contributed by atoms with Gasteiger partial charge in [0.2, 0.25) is 0 Å². The summed E-state index contributed by atoms with van der Waals surface area (Å²) in [5.41, 5.74) is 10.8. The van der Waals surface area contributed by atoms with Gasteiger partial charge in [0, 0.05) is 12.8 Å². The third-order valence-electron chi connectivity index (χ3n) is 1.76. The molecule has 0 bridgehead atoms. The smallest absolute Gasteiger partial charge is 0.0925 e. The minimum atomic E-state index is 0.595. The molecule has 5 heteroatoms. The van der Waals surface area contributed by atoms with Crippen LogP contribution in [0.5, 0.6) is 0 Å². The first-order valence-corrected chi connectivity index (χ1v) is 4.53. The van der Waals surface area contributed by atoms with Gasteiger partial charge in [0.05, 0.1) is 28.9 Å². The second kappa shape index (κ2) is 4.72. The maximum atomic E-state index is 5.86. The topological polar surface area (TPSA) is 53.6 Å². The summed E-state index contributed by atoms with van der Waals surface area (Å²) < 4.78 is 1.12. The Hall–Kier alpha value is -1.42. The van der Waals surface area contributed by atoms with Crippen molar-refractivity contribution in [2.24, 2.45) is 10.8 Å². The summed E-state index contributed by atoms with van der Waals surface area (Å²) in [5.74, 6) is 0. The zero-order valence-corrected chi connectivity index (χ0v) is 8.59. The zero-order chi connectivity index (χ0) is 10.6. The van der Waals surface area contributed by atoms with Gasteiger partial charge >= 0.3 is 0 Å². The van der Waals surface area contributed by atoms with E-state index < -0.39 is 0 Å². The van der Waals surface area contributed by atoms with Crippen LogP contribution >= 0.6 is 11.8 Å². The molecule has 0 spiro atoms. The number of hydrazone groups is 1. The van der Waals surface area contributed by atoms with Gasteiger partial charge in [-0.15, -0.1) is 22.9 Å². The molecular weight excluding hydrogens is 200 g/mol. The summed E-state index contributed by atoms with van der Waals surface area (Å²) in [5, 5.41) is 4.00. The molecule has 0 radical (unpaired) electrons. The lowest BCUT2D eigenvalue weighted by atomic mass is 10.1. The van der Waals surface area contributed by atoms with Gasteiger partial charge in [-0.25, -0.2) is 0 Å². The molecular formula is C9H13ClN4. The molecule has 1 heterocycles. The lowest BCUT2D eigenvalue weighted by molar-refractivity contribution is 0.384. The van der Waals surface area contributed by atoms with E-state index in [2.05, 4.69) is 23.7 Å². The van der Waals surface area contributed by atoms with Gasteiger partial charge in [-0.2, -0.15) is 0 Å². The van der Waals surface area contributed by atoms with Crippen LogP contribution in [0.15, 0.2) is 41.8 Å². The van der Waals surface area contributed by atoms with Crippen LogP contribution in [0.1, 0.15) is 12.8 Å². The average Bonchev–Trinajstić information content (AvgIpc) is 2.14. The van der Waals surface area contributed by atoms with Gasteiger partial charge in [0.15, 0.2) is 0 Å². The van der Waals surface area contributed by atoms with Gasteiger partial charge < -0.3 is 5.73 Å². The van der Waals surface area contributed by atoms with E-state index in [0.29, 0.717) is 24.3 Å². The fourth-order valence-corrected chi connectivity index (χ4v) is 1.31. The predicted octanol–water partition coefficient (Wildman–Crippen LogP) is 1.64. The summed E-state index contributed by atoms with van der Waals surface area (Å²) in [7, 11) is 0. The third-order valence-corrected chi connectivity index (χ3v) is 1.92. The van der Waals surface area contributed by atoms with Crippen molar-refractivity contribution in [3.8, 4) is 0 Å². The number of hydrogen-bond acceptors (Lipinski definition) is 4. The summed E-state index contributed by atoms with van der Waals surface area (Å²) in [6.07, 6.45) is 4.70. The minimum absolute atomic E-state index is 0.595. The van der Waals surface area contributed by atoms with E-state index in [1.807, 2.05) is 0 Å². The Morgan fingerprint density at radius 3 is 2.64 bits per heavy atom. The summed E-state index contributed by atoms with van der Waals surface area (Å²) in [4.78, 5) is 0. The van der Waals surface area contributed by atoms with E-state index in [4.69, 9.17) is 17.5 Å². The molecule has 1 aliphatic rings. The molecule has 0 aromatic heterocycles. The molecule has 4 nitrogen and oxygen atoms in total. The molecule has 0 atom stereocenters. The number of halogens is 1. The predicted molar refractivity (Wildman–Crippen MR) is 59.1 cm³/mol. The first kappa shape index (κ1) is 10.7. The third kappa shape index (κ3) is 2.29. The molecule has 76 valence electrons. The van der Waals surface area contributed by atoms with E-state index in [9.17, 15) is 0 Å². The van der Waals surface area contributed by atoms with Crippen LogP contribution in [0.2, 0.25) is 0 Å². The Morgan fingerprint density at radius 1 is 1.43 bits per heavy atom. The Labute approximate surface area is 88.5 Å². The van der Waals surface area contributed by atoms with Crippen molar-refractivity contribution in [3.05, 3.63) is 36.7 Å². The summed E-state index contributed by atoms with van der Waals surface area (Å²) >= 11 is 5.72. The molecule has 0 unspecified atom stereocenters. The molecule has 0 aliphatic carbocycles. The van der Waals surface area contributed by atoms with E-state index in [1.54, 1.807) is 12.2 Å². The summed E-state index contributed by atoms with van der Waals surface area (Å²) in [6, 6.07) is 0. The Bertz CT molecular complexity index is 306. The van der Waals surface area contributed by atoms with Crippen LogP contribution in [0.3, 0.4) is 0 Å². The lowest BCUT2D eigenvalue weighted by Crippen LogP contribution is -2.35. The number of nitrogens with zero attached hydrogens (tertiary/aromatic N) is 2. The van der Waals surface area contributed by atoms with Gasteiger partial charge in [-0.1, -0.05) is 12.2 Å². The van der Waals surface area contributed by atoms with Crippen molar-refractivity contribution in [2.45, 2.75) is 12.8 Å². The SMILES string of the molecule is C=CCC1=NN(Cl)NC(CC=C)=C1N. The Balaban J connectivity index is 2.91. The van der Waals surface area contributed by atoms with Crippen LogP contribution in [0.25, 0.3) is 0 Å². The van der Waals surface area contributed by atoms with Crippen molar-refractivity contribution in [1.82, 2.24) is 10.1 Å². The molecule has 1 rings (SSSR count). The van der Waals surface area contributed by atoms with Crippen molar-refractivity contribution in [1.29, 1.82) is 0 Å². The second-order valence-corrected chi connectivity index (χ2v) is 3.12. The monoisotopic (exact) mass is 212 g/mol. The van der Waals surface area contributed by atoms with Crippen LogP contribution in [0.4, 0.5) is 0 Å². The Morgan fingerprint density at radius 2 is 2.07 bits per heavy atom. The van der Waals surface area contributed by atoms with E-state index >= 15 is 0 Å². The van der Waals surface area contributed by atoms with Crippen LogP contribution in [0, 0.1) is 0 Å². The molecule has 1 aliphatic heterocycles. The fourth-order valence-electron chi connectivity index (χ4n) is 1.12. The number of hydrazine groups is 1. The molecule has 0 fully saturated rings. The van der Waals surface area contributed by atoms with Crippen molar-refractivity contribution >= 4 is 17.5 Å². The van der Waals surface area contributed by atoms with Crippen LogP contribution in [-0.4, -0.2) is 10.3 Å². The first-order valence-electron chi connectivity index (χ1n) is 4.20. The number of nitrogens with two attached hydrogens (primary N) is 1. The average molecular weight is 213 g/mol. The second-order valence-electron chi connectivity index (χ2n) is 2.80. The molecule has 0 saturated heterocycles. The molecule has 0 amide bonds. The highest BCUT2D eigenvalue weighted by Gasteiger charge is 2.16. The van der Waals surface area contributed by atoms with Gasteiger partial charge in [-0.05, 0) is 0 Å². The van der Waals surface area contributed by atoms with Gasteiger partial charge in [-0.3, -0.25) is 5.43 Å². The number of nitrogens with one attached hydrogen (secondary N) is 1. The Kier molecular flexibility index (Phi) is 3.59. The number of hydrogen-bond donors (Lipinski definition) is 2. The van der Waals surface area contributed by atoms with E-state index in [1.165, 1.54) is 0 Å². The van der Waals surface area contributed by atoms with Crippen molar-refractivity contribution < 1.29 is 0 Å². The van der Waals surface area contributed by atoms with E-state index in [-0.39, 0.29) is 0 Å². The van der Waals surface area contributed by atoms with Crippen molar-refractivity contribution in [2.75, 3.05) is 0 Å². The number of rotatable bonds is 4.